The van der Waals surface area contributed by atoms with Crippen LogP contribution in [-0.4, -0.2) is 23.8 Å². The van der Waals surface area contributed by atoms with Crippen LogP contribution < -0.4 is 4.74 Å². The Balaban J connectivity index is 1.73. The number of aliphatic hydroxyl groups is 1. The second kappa shape index (κ2) is 11.6. The van der Waals surface area contributed by atoms with Gasteiger partial charge in [-0.25, -0.2) is 0 Å². The summed E-state index contributed by atoms with van der Waals surface area (Å²) in [5, 5.41) is 10.8. The van der Waals surface area contributed by atoms with Crippen LogP contribution in [-0.2, 0) is 16.0 Å². The van der Waals surface area contributed by atoms with E-state index in [1.807, 2.05) is 24.3 Å². The molecule has 0 heterocycles. The van der Waals surface area contributed by atoms with Crippen molar-refractivity contribution in [1.29, 1.82) is 0 Å². The maximum absolute atomic E-state index is 11.7. The highest BCUT2D eigenvalue weighted by Gasteiger charge is 2.13. The third kappa shape index (κ3) is 8.46. The van der Waals surface area contributed by atoms with Crippen molar-refractivity contribution in [1.82, 2.24) is 0 Å². The Labute approximate surface area is 166 Å². The smallest absolute Gasteiger partial charge is 0.308 e. The zero-order valence-corrected chi connectivity index (χ0v) is 16.5. The molecule has 0 bridgehead atoms. The van der Waals surface area contributed by atoms with Gasteiger partial charge in [0.2, 0.25) is 0 Å². The van der Waals surface area contributed by atoms with Crippen molar-refractivity contribution in [3.63, 3.8) is 0 Å². The van der Waals surface area contributed by atoms with E-state index in [1.54, 1.807) is 24.3 Å². The predicted octanol–water partition coefficient (Wildman–Crippen LogP) is 5.55. The number of esters is 1. The molecule has 0 amide bonds. The van der Waals surface area contributed by atoms with Gasteiger partial charge in [-0.1, -0.05) is 49.9 Å². The number of carbonyl (C=O) groups is 1. The zero-order chi connectivity index (χ0) is 19.5. The van der Waals surface area contributed by atoms with E-state index in [0.29, 0.717) is 29.5 Å². The minimum Gasteiger partial charge on any atom is -0.466 e. The molecule has 0 fully saturated rings. The highest BCUT2D eigenvalue weighted by Crippen LogP contribution is 2.23. The summed E-state index contributed by atoms with van der Waals surface area (Å²) in [6.07, 6.45) is 3.90. The van der Waals surface area contributed by atoms with E-state index in [-0.39, 0.29) is 12.4 Å². The molecule has 0 radical (unpaired) electrons. The Bertz CT molecular complexity index is 682. The summed E-state index contributed by atoms with van der Waals surface area (Å²) >= 11 is 5.86. The van der Waals surface area contributed by atoms with Gasteiger partial charge in [0.15, 0.2) is 0 Å². The SMILES string of the molecule is CCCCCCOC(=O)CC(O)Cc1ccc(Oc2ccc(Cl)cc2)cc1. The summed E-state index contributed by atoms with van der Waals surface area (Å²) < 4.78 is 10.9. The first-order valence-corrected chi connectivity index (χ1v) is 9.80. The van der Waals surface area contributed by atoms with Crippen LogP contribution in [0.2, 0.25) is 5.02 Å². The number of ether oxygens (including phenoxy) is 2. The fourth-order valence-corrected chi connectivity index (χ4v) is 2.77. The molecule has 2 aromatic carbocycles. The summed E-state index contributed by atoms with van der Waals surface area (Å²) in [4.78, 5) is 11.7. The molecule has 2 rings (SSSR count). The normalized spacial score (nSPS) is 11.8. The van der Waals surface area contributed by atoms with Crippen molar-refractivity contribution in [3.05, 3.63) is 59.1 Å². The summed E-state index contributed by atoms with van der Waals surface area (Å²) in [6.45, 7) is 2.57. The fourth-order valence-electron chi connectivity index (χ4n) is 2.64. The van der Waals surface area contributed by atoms with Crippen LogP contribution in [0.5, 0.6) is 11.5 Å². The second-order valence-electron chi connectivity index (χ2n) is 6.54. The first-order valence-electron chi connectivity index (χ1n) is 9.43. The average molecular weight is 391 g/mol. The van der Waals surface area contributed by atoms with Crippen LogP contribution in [0.15, 0.2) is 48.5 Å². The number of hydrogen-bond acceptors (Lipinski definition) is 4. The zero-order valence-electron chi connectivity index (χ0n) is 15.7. The fraction of sp³-hybridized carbons (Fsp3) is 0.409. The van der Waals surface area contributed by atoms with Gasteiger partial charge in [0.1, 0.15) is 11.5 Å². The second-order valence-corrected chi connectivity index (χ2v) is 6.98. The van der Waals surface area contributed by atoms with Gasteiger partial charge in [-0.15, -0.1) is 0 Å². The number of carbonyl (C=O) groups excluding carboxylic acids is 1. The lowest BCUT2D eigenvalue weighted by atomic mass is 10.1. The molecule has 4 nitrogen and oxygen atoms in total. The molecule has 0 saturated carbocycles. The number of aliphatic hydroxyl groups excluding tert-OH is 1. The van der Waals surface area contributed by atoms with E-state index >= 15 is 0 Å². The molecular formula is C22H27ClO4. The van der Waals surface area contributed by atoms with Crippen LogP contribution in [0.3, 0.4) is 0 Å². The van der Waals surface area contributed by atoms with E-state index in [0.717, 1.165) is 31.2 Å². The molecule has 1 N–H and O–H groups in total. The molecule has 2 aromatic rings. The van der Waals surface area contributed by atoms with Gasteiger partial charge >= 0.3 is 5.97 Å². The van der Waals surface area contributed by atoms with E-state index in [2.05, 4.69) is 6.92 Å². The molecule has 1 unspecified atom stereocenters. The van der Waals surface area contributed by atoms with Crippen LogP contribution >= 0.6 is 11.6 Å². The molecule has 0 spiro atoms. The van der Waals surface area contributed by atoms with Gasteiger partial charge in [0.25, 0.3) is 0 Å². The van der Waals surface area contributed by atoms with Crippen molar-refractivity contribution in [2.24, 2.45) is 0 Å². The van der Waals surface area contributed by atoms with Gasteiger partial charge in [0.05, 0.1) is 19.1 Å². The lowest BCUT2D eigenvalue weighted by molar-refractivity contribution is -0.145. The summed E-state index contributed by atoms with van der Waals surface area (Å²) in [7, 11) is 0. The molecule has 146 valence electrons. The lowest BCUT2D eigenvalue weighted by Crippen LogP contribution is -2.18. The van der Waals surface area contributed by atoms with Crippen molar-refractivity contribution < 1.29 is 19.4 Å². The van der Waals surface area contributed by atoms with Crippen LogP contribution in [0.25, 0.3) is 0 Å². The first-order chi connectivity index (χ1) is 13.1. The molecule has 0 aliphatic heterocycles. The first kappa shape index (κ1) is 21.3. The lowest BCUT2D eigenvalue weighted by Gasteiger charge is -2.11. The largest absolute Gasteiger partial charge is 0.466 e. The number of rotatable bonds is 11. The maximum Gasteiger partial charge on any atom is 0.308 e. The Kier molecular flexibility index (Phi) is 9.16. The highest BCUT2D eigenvalue weighted by molar-refractivity contribution is 6.30. The van der Waals surface area contributed by atoms with E-state index < -0.39 is 6.10 Å². The summed E-state index contributed by atoms with van der Waals surface area (Å²) in [5.74, 6) is 1.05. The van der Waals surface area contributed by atoms with Gasteiger partial charge in [-0.3, -0.25) is 4.79 Å². The predicted molar refractivity (Wildman–Crippen MR) is 107 cm³/mol. The molecule has 0 aliphatic carbocycles. The number of benzene rings is 2. The molecule has 1 atom stereocenters. The number of unbranched alkanes of at least 4 members (excludes halogenated alkanes) is 3. The Morgan fingerprint density at radius 1 is 1.00 bits per heavy atom. The summed E-state index contributed by atoms with van der Waals surface area (Å²) in [5.41, 5.74) is 0.932. The molecular weight excluding hydrogens is 364 g/mol. The third-order valence-electron chi connectivity index (χ3n) is 4.11. The number of hydrogen-bond donors (Lipinski definition) is 1. The highest BCUT2D eigenvalue weighted by atomic mass is 35.5. The molecule has 27 heavy (non-hydrogen) atoms. The van der Waals surface area contributed by atoms with E-state index in [4.69, 9.17) is 21.1 Å². The van der Waals surface area contributed by atoms with Gasteiger partial charge in [0, 0.05) is 5.02 Å². The van der Waals surface area contributed by atoms with E-state index in [1.165, 1.54) is 0 Å². The topological polar surface area (TPSA) is 55.8 Å². The van der Waals surface area contributed by atoms with Crippen molar-refractivity contribution >= 4 is 17.6 Å². The van der Waals surface area contributed by atoms with Crippen LogP contribution in [0.1, 0.15) is 44.6 Å². The van der Waals surface area contributed by atoms with Crippen LogP contribution in [0.4, 0.5) is 0 Å². The Morgan fingerprint density at radius 2 is 1.63 bits per heavy atom. The van der Waals surface area contributed by atoms with Crippen molar-refractivity contribution in [2.75, 3.05) is 6.61 Å². The molecule has 5 heteroatoms. The minimum atomic E-state index is -0.754. The van der Waals surface area contributed by atoms with Gasteiger partial charge in [-0.2, -0.15) is 0 Å². The van der Waals surface area contributed by atoms with Crippen molar-refractivity contribution in [3.8, 4) is 11.5 Å². The molecule has 0 saturated heterocycles. The number of halogens is 1. The Hall–Kier alpha value is -2.04. The monoisotopic (exact) mass is 390 g/mol. The maximum atomic E-state index is 11.7. The molecule has 0 aliphatic rings. The standard InChI is InChI=1S/C22H27ClO4/c1-2-3-4-5-14-26-22(25)16-19(24)15-17-6-10-20(11-7-17)27-21-12-8-18(23)9-13-21/h6-13,19,24H,2-5,14-16H2,1H3. The van der Waals surface area contributed by atoms with E-state index in [9.17, 15) is 9.90 Å². The van der Waals surface area contributed by atoms with Crippen molar-refractivity contribution in [2.45, 2.75) is 51.6 Å². The van der Waals surface area contributed by atoms with Gasteiger partial charge < -0.3 is 14.6 Å². The molecule has 0 aromatic heterocycles. The summed E-state index contributed by atoms with van der Waals surface area (Å²) in [6, 6.07) is 14.6. The van der Waals surface area contributed by atoms with Gasteiger partial charge in [-0.05, 0) is 54.8 Å². The van der Waals surface area contributed by atoms with Crippen LogP contribution in [0, 0.1) is 0 Å². The Morgan fingerprint density at radius 3 is 2.26 bits per heavy atom. The third-order valence-corrected chi connectivity index (χ3v) is 4.36. The minimum absolute atomic E-state index is 0.0107. The quantitative estimate of drug-likeness (QED) is 0.403. The average Bonchev–Trinajstić information content (AvgIpc) is 2.65.